The van der Waals surface area contributed by atoms with Crippen LogP contribution < -0.4 is 11.5 Å². The van der Waals surface area contributed by atoms with Gasteiger partial charge in [0.15, 0.2) is 0 Å². The predicted molar refractivity (Wildman–Crippen MR) is 84.7 cm³/mol. The lowest BCUT2D eigenvalue weighted by Crippen LogP contribution is -2.49. The molecule has 1 atom stereocenters. The lowest BCUT2D eigenvalue weighted by atomic mass is 9.96. The van der Waals surface area contributed by atoms with Gasteiger partial charge in [-0.2, -0.15) is 0 Å². The van der Waals surface area contributed by atoms with E-state index < -0.39 is 11.4 Å². The Morgan fingerprint density at radius 2 is 2.10 bits per heavy atom. The van der Waals surface area contributed by atoms with Gasteiger partial charge in [-0.05, 0) is 38.3 Å². The van der Waals surface area contributed by atoms with Crippen LogP contribution in [0, 0.1) is 0 Å². The number of carbonyl (C=O) groups excluding carboxylic acids is 1. The van der Waals surface area contributed by atoms with Crippen LogP contribution in [0.4, 0.5) is 0 Å². The quantitative estimate of drug-likeness (QED) is 0.816. The largest absolute Gasteiger partial charge is 0.368 e. The van der Waals surface area contributed by atoms with Gasteiger partial charge in [-0.1, -0.05) is 19.1 Å². The van der Waals surface area contributed by atoms with Crippen molar-refractivity contribution in [3.63, 3.8) is 0 Å². The van der Waals surface area contributed by atoms with Crippen LogP contribution in [0.5, 0.6) is 0 Å². The highest BCUT2D eigenvalue weighted by Crippen LogP contribution is 2.19. The van der Waals surface area contributed by atoms with Crippen molar-refractivity contribution in [1.82, 2.24) is 9.55 Å². The summed E-state index contributed by atoms with van der Waals surface area (Å²) in [4.78, 5) is 16.0. The molecule has 114 valence electrons. The smallest absolute Gasteiger partial charge is 0.237 e. The molecular formula is C16H24N4O. The molecule has 0 fully saturated rings. The summed E-state index contributed by atoms with van der Waals surface area (Å²) in [5, 5.41) is 0. The third-order valence-electron chi connectivity index (χ3n) is 3.85. The lowest BCUT2D eigenvalue weighted by molar-refractivity contribution is -0.122. The molecule has 1 unspecified atom stereocenters. The van der Waals surface area contributed by atoms with E-state index in [1.165, 1.54) is 0 Å². The van der Waals surface area contributed by atoms with Crippen LogP contribution >= 0.6 is 0 Å². The molecule has 5 heteroatoms. The number of benzene rings is 1. The van der Waals surface area contributed by atoms with Crippen LogP contribution in [0.1, 0.15) is 38.9 Å². The summed E-state index contributed by atoms with van der Waals surface area (Å²) in [5.41, 5.74) is 12.4. The third kappa shape index (κ3) is 3.42. The standard InChI is InChI=1S/C16H24N4O/c1-3-7-14-19-12-8-4-5-9-13(12)20(14)11-6-10-16(2,18)15(17)21/h4-5,8-9H,3,6-7,10-11,18H2,1-2H3,(H2,17,21). The number of imidazole rings is 1. The van der Waals surface area contributed by atoms with Gasteiger partial charge < -0.3 is 16.0 Å². The molecule has 1 aromatic heterocycles. The first-order valence-electron chi connectivity index (χ1n) is 7.48. The first-order valence-corrected chi connectivity index (χ1v) is 7.48. The second-order valence-electron chi connectivity index (χ2n) is 5.80. The number of hydrogen-bond acceptors (Lipinski definition) is 3. The van der Waals surface area contributed by atoms with Crippen LogP contribution in [-0.4, -0.2) is 21.0 Å². The van der Waals surface area contributed by atoms with E-state index in [0.29, 0.717) is 6.42 Å². The summed E-state index contributed by atoms with van der Waals surface area (Å²) < 4.78 is 2.23. The van der Waals surface area contributed by atoms with Crippen LogP contribution in [0.3, 0.4) is 0 Å². The number of rotatable bonds is 7. The second-order valence-corrected chi connectivity index (χ2v) is 5.80. The number of aromatic nitrogens is 2. The van der Waals surface area contributed by atoms with Crippen molar-refractivity contribution >= 4 is 16.9 Å². The minimum Gasteiger partial charge on any atom is -0.368 e. The molecular weight excluding hydrogens is 264 g/mol. The number of nitrogens with two attached hydrogens (primary N) is 2. The maximum atomic E-state index is 11.3. The van der Waals surface area contributed by atoms with Crippen LogP contribution in [0.2, 0.25) is 0 Å². The molecule has 1 heterocycles. The summed E-state index contributed by atoms with van der Waals surface area (Å²) in [6.45, 7) is 4.64. The van der Waals surface area contributed by atoms with Gasteiger partial charge in [0.25, 0.3) is 0 Å². The molecule has 5 nitrogen and oxygen atoms in total. The van der Waals surface area contributed by atoms with Crippen LogP contribution in [0.15, 0.2) is 24.3 Å². The van der Waals surface area contributed by atoms with Crippen LogP contribution in [0.25, 0.3) is 11.0 Å². The van der Waals surface area contributed by atoms with E-state index >= 15 is 0 Å². The van der Waals surface area contributed by atoms with E-state index in [-0.39, 0.29) is 0 Å². The number of carbonyl (C=O) groups is 1. The molecule has 0 saturated carbocycles. The molecule has 0 bridgehead atoms. The molecule has 0 aliphatic carbocycles. The SMILES string of the molecule is CCCc1nc2ccccc2n1CCCC(C)(N)C(N)=O. The highest BCUT2D eigenvalue weighted by atomic mass is 16.1. The summed E-state index contributed by atoms with van der Waals surface area (Å²) in [6.07, 6.45) is 3.37. The van der Waals surface area contributed by atoms with Gasteiger partial charge in [0.05, 0.1) is 16.6 Å². The fourth-order valence-corrected chi connectivity index (χ4v) is 2.52. The Kier molecular flexibility index (Phi) is 4.63. The zero-order valence-corrected chi connectivity index (χ0v) is 12.8. The predicted octanol–water partition coefficient (Wildman–Crippen LogP) is 1.97. The number of primary amides is 1. The maximum absolute atomic E-state index is 11.3. The van der Waals surface area contributed by atoms with Gasteiger partial charge in [0, 0.05) is 13.0 Å². The highest BCUT2D eigenvalue weighted by Gasteiger charge is 2.25. The fraction of sp³-hybridized carbons (Fsp3) is 0.500. The van der Waals surface area contributed by atoms with Crippen molar-refractivity contribution in [2.45, 2.75) is 51.6 Å². The van der Waals surface area contributed by atoms with Gasteiger partial charge in [0.2, 0.25) is 5.91 Å². The molecule has 1 amide bonds. The Hall–Kier alpha value is -1.88. The van der Waals surface area contributed by atoms with E-state index in [4.69, 9.17) is 16.5 Å². The molecule has 2 aromatic rings. The number of fused-ring (bicyclic) bond motifs is 1. The fourth-order valence-electron chi connectivity index (χ4n) is 2.52. The Bertz CT molecular complexity index is 630. The number of para-hydroxylation sites is 2. The zero-order valence-electron chi connectivity index (χ0n) is 12.8. The Morgan fingerprint density at radius 1 is 1.38 bits per heavy atom. The minimum atomic E-state index is -0.943. The lowest BCUT2D eigenvalue weighted by Gasteiger charge is -2.20. The first-order chi connectivity index (χ1) is 9.95. The summed E-state index contributed by atoms with van der Waals surface area (Å²) in [6, 6.07) is 8.13. The molecule has 4 N–H and O–H groups in total. The third-order valence-corrected chi connectivity index (χ3v) is 3.85. The Morgan fingerprint density at radius 3 is 2.76 bits per heavy atom. The van der Waals surface area contributed by atoms with Crippen molar-refractivity contribution in [1.29, 1.82) is 0 Å². The number of hydrogen-bond donors (Lipinski definition) is 2. The van der Waals surface area contributed by atoms with Crippen molar-refractivity contribution in [3.8, 4) is 0 Å². The molecule has 2 rings (SSSR count). The van der Waals surface area contributed by atoms with Crippen molar-refractivity contribution in [2.75, 3.05) is 0 Å². The summed E-state index contributed by atoms with van der Waals surface area (Å²) in [5.74, 6) is 0.642. The molecule has 21 heavy (non-hydrogen) atoms. The normalized spacial score (nSPS) is 14.2. The maximum Gasteiger partial charge on any atom is 0.237 e. The average Bonchev–Trinajstić information content (AvgIpc) is 2.77. The average molecular weight is 288 g/mol. The minimum absolute atomic E-state index is 0.452. The number of aryl methyl sites for hydroxylation is 2. The zero-order chi connectivity index (χ0) is 15.5. The molecule has 0 aliphatic heterocycles. The van der Waals surface area contributed by atoms with Crippen LogP contribution in [-0.2, 0) is 17.8 Å². The van der Waals surface area contributed by atoms with Gasteiger partial charge in [-0.25, -0.2) is 4.98 Å². The highest BCUT2D eigenvalue weighted by molar-refractivity contribution is 5.83. The second kappa shape index (κ2) is 6.26. The molecule has 1 aromatic carbocycles. The van der Waals surface area contributed by atoms with Gasteiger partial charge >= 0.3 is 0 Å². The number of nitrogens with zero attached hydrogens (tertiary/aromatic N) is 2. The van der Waals surface area contributed by atoms with Gasteiger partial charge in [0.1, 0.15) is 5.82 Å². The van der Waals surface area contributed by atoms with E-state index in [1.807, 2.05) is 18.2 Å². The Labute approximate surface area is 125 Å². The summed E-state index contributed by atoms with van der Waals surface area (Å²) in [7, 11) is 0. The van der Waals surface area contributed by atoms with E-state index in [0.717, 1.165) is 42.7 Å². The molecule has 0 saturated heterocycles. The van der Waals surface area contributed by atoms with Crippen molar-refractivity contribution in [2.24, 2.45) is 11.5 Å². The van der Waals surface area contributed by atoms with Crippen molar-refractivity contribution in [3.05, 3.63) is 30.1 Å². The molecule has 0 radical (unpaired) electrons. The van der Waals surface area contributed by atoms with Gasteiger partial charge in [-0.15, -0.1) is 0 Å². The number of amides is 1. The molecule has 0 spiro atoms. The first kappa shape index (κ1) is 15.5. The molecule has 0 aliphatic rings. The van der Waals surface area contributed by atoms with E-state index in [2.05, 4.69) is 17.6 Å². The van der Waals surface area contributed by atoms with Gasteiger partial charge in [-0.3, -0.25) is 4.79 Å². The Balaban J connectivity index is 2.17. The topological polar surface area (TPSA) is 86.9 Å². The summed E-state index contributed by atoms with van der Waals surface area (Å²) >= 11 is 0. The van der Waals surface area contributed by atoms with Crippen molar-refractivity contribution < 1.29 is 4.79 Å². The van der Waals surface area contributed by atoms with E-state index in [9.17, 15) is 4.79 Å². The van der Waals surface area contributed by atoms with E-state index in [1.54, 1.807) is 6.92 Å². The monoisotopic (exact) mass is 288 g/mol.